The fourth-order valence-corrected chi connectivity index (χ4v) is 5.71. The standard InChI is InChI=1S/C19H20IN3O4S/c1-3-27-19(26)23-5-4-11-13(8-23)28-18-14(11)17(25)21-16(22-18)12-7-10(20)6-9(2)15(12)24/h6-7,16,22,24H,3-5,8H2,1-2H3,(H,21,25)/t16-/m0/s1. The van der Waals surface area contributed by atoms with Crippen molar-refractivity contribution in [1.29, 1.82) is 0 Å². The van der Waals surface area contributed by atoms with Gasteiger partial charge in [-0.15, -0.1) is 11.3 Å². The Bertz CT molecular complexity index is 975. The van der Waals surface area contributed by atoms with Crippen LogP contribution in [0.15, 0.2) is 12.1 Å². The van der Waals surface area contributed by atoms with Crippen molar-refractivity contribution in [3.05, 3.63) is 42.8 Å². The molecule has 1 aromatic carbocycles. The minimum absolute atomic E-state index is 0.156. The Morgan fingerprint density at radius 2 is 2.21 bits per heavy atom. The van der Waals surface area contributed by atoms with E-state index in [2.05, 4.69) is 33.2 Å². The molecule has 0 saturated carbocycles. The SMILES string of the molecule is CCOC(=O)N1CCc2c(sc3c2C(=O)N[C@H](c2cc(I)cc(C)c2O)N3)C1. The molecule has 9 heteroatoms. The van der Waals surface area contributed by atoms with Crippen LogP contribution in [0.5, 0.6) is 5.75 Å². The first-order valence-corrected chi connectivity index (χ1v) is 10.9. The molecule has 0 spiro atoms. The van der Waals surface area contributed by atoms with E-state index in [9.17, 15) is 14.7 Å². The highest BCUT2D eigenvalue weighted by Gasteiger charge is 2.35. The van der Waals surface area contributed by atoms with Crippen LogP contribution in [0.3, 0.4) is 0 Å². The number of aryl methyl sites for hydroxylation is 1. The molecule has 2 aliphatic heterocycles. The summed E-state index contributed by atoms with van der Waals surface area (Å²) >= 11 is 3.68. The number of thiophene rings is 1. The van der Waals surface area contributed by atoms with E-state index in [1.54, 1.807) is 11.8 Å². The lowest BCUT2D eigenvalue weighted by molar-refractivity contribution is 0.0934. The predicted molar refractivity (Wildman–Crippen MR) is 115 cm³/mol. The summed E-state index contributed by atoms with van der Waals surface area (Å²) < 4.78 is 6.08. The van der Waals surface area contributed by atoms with E-state index in [4.69, 9.17) is 4.74 Å². The fourth-order valence-electron chi connectivity index (χ4n) is 3.62. The summed E-state index contributed by atoms with van der Waals surface area (Å²) in [6, 6.07) is 3.76. The molecule has 0 saturated heterocycles. The first kappa shape index (κ1) is 19.3. The molecular formula is C19H20IN3O4S. The highest BCUT2D eigenvalue weighted by molar-refractivity contribution is 14.1. The maximum Gasteiger partial charge on any atom is 0.410 e. The van der Waals surface area contributed by atoms with Crippen molar-refractivity contribution in [2.24, 2.45) is 0 Å². The number of nitrogens with zero attached hydrogens (tertiary/aromatic N) is 1. The quantitative estimate of drug-likeness (QED) is 0.533. The van der Waals surface area contributed by atoms with Gasteiger partial charge in [-0.05, 0) is 66.1 Å². The lowest BCUT2D eigenvalue weighted by Gasteiger charge is -2.28. The van der Waals surface area contributed by atoms with E-state index in [-0.39, 0.29) is 17.7 Å². The summed E-state index contributed by atoms with van der Waals surface area (Å²) in [5, 5.41) is 17.6. The van der Waals surface area contributed by atoms with E-state index in [0.717, 1.165) is 24.6 Å². The number of phenolic OH excluding ortho intramolecular Hbond substituents is 1. The molecule has 0 radical (unpaired) electrons. The fraction of sp³-hybridized carbons (Fsp3) is 0.368. The molecule has 148 valence electrons. The monoisotopic (exact) mass is 513 g/mol. The van der Waals surface area contributed by atoms with Crippen LogP contribution in [0.25, 0.3) is 0 Å². The van der Waals surface area contributed by atoms with Crippen LogP contribution in [-0.2, 0) is 17.7 Å². The maximum absolute atomic E-state index is 12.9. The highest BCUT2D eigenvalue weighted by atomic mass is 127. The van der Waals surface area contributed by atoms with Crippen molar-refractivity contribution in [1.82, 2.24) is 10.2 Å². The van der Waals surface area contributed by atoms with Gasteiger partial charge in [-0.3, -0.25) is 4.79 Å². The van der Waals surface area contributed by atoms with Crippen LogP contribution in [0.2, 0.25) is 0 Å². The molecule has 0 unspecified atom stereocenters. The van der Waals surface area contributed by atoms with Crippen molar-refractivity contribution in [3.8, 4) is 5.75 Å². The van der Waals surface area contributed by atoms with Crippen LogP contribution in [0.4, 0.5) is 9.80 Å². The number of phenols is 1. The highest BCUT2D eigenvalue weighted by Crippen LogP contribution is 2.42. The number of carbonyl (C=O) groups is 2. The van der Waals surface area contributed by atoms with Crippen molar-refractivity contribution >= 4 is 50.9 Å². The Kier molecular flexibility index (Phi) is 5.13. The van der Waals surface area contributed by atoms with E-state index in [1.165, 1.54) is 11.3 Å². The molecule has 0 bridgehead atoms. The topological polar surface area (TPSA) is 90.9 Å². The van der Waals surface area contributed by atoms with Crippen molar-refractivity contribution < 1.29 is 19.4 Å². The average Bonchev–Trinajstić information content (AvgIpc) is 3.02. The molecule has 28 heavy (non-hydrogen) atoms. The normalized spacial score (nSPS) is 18.0. The zero-order chi connectivity index (χ0) is 20.0. The van der Waals surface area contributed by atoms with E-state index >= 15 is 0 Å². The van der Waals surface area contributed by atoms with Gasteiger partial charge in [-0.2, -0.15) is 0 Å². The Morgan fingerprint density at radius 1 is 1.43 bits per heavy atom. The molecule has 1 aromatic heterocycles. The van der Waals surface area contributed by atoms with E-state index < -0.39 is 6.17 Å². The van der Waals surface area contributed by atoms with Gasteiger partial charge < -0.3 is 25.4 Å². The van der Waals surface area contributed by atoms with Crippen molar-refractivity contribution in [2.45, 2.75) is 33.0 Å². The van der Waals surface area contributed by atoms with Crippen LogP contribution < -0.4 is 10.6 Å². The Balaban J connectivity index is 1.64. The molecule has 2 aromatic rings. The average molecular weight is 513 g/mol. The summed E-state index contributed by atoms with van der Waals surface area (Å²) in [6.07, 6.45) is -0.211. The Morgan fingerprint density at radius 3 is 2.96 bits per heavy atom. The van der Waals surface area contributed by atoms with Crippen molar-refractivity contribution in [3.63, 3.8) is 0 Å². The third-order valence-corrected chi connectivity index (χ3v) is 6.74. The second-order valence-electron chi connectivity index (χ2n) is 6.79. The van der Waals surface area contributed by atoms with Crippen molar-refractivity contribution in [2.75, 3.05) is 18.5 Å². The number of halogens is 1. The minimum Gasteiger partial charge on any atom is -0.507 e. The number of hydrogen-bond acceptors (Lipinski definition) is 6. The molecule has 2 aliphatic rings. The number of carbonyl (C=O) groups excluding carboxylic acids is 2. The van der Waals surface area contributed by atoms with Crippen LogP contribution in [0, 0.1) is 10.5 Å². The van der Waals surface area contributed by atoms with Crippen LogP contribution in [0.1, 0.15) is 45.0 Å². The number of amides is 2. The summed E-state index contributed by atoms with van der Waals surface area (Å²) in [5.41, 5.74) is 3.05. The van der Waals surface area contributed by atoms with Gasteiger partial charge in [-0.25, -0.2) is 4.79 Å². The molecule has 3 heterocycles. The zero-order valence-electron chi connectivity index (χ0n) is 15.5. The molecule has 1 atom stereocenters. The van der Waals surface area contributed by atoms with Gasteiger partial charge in [0.2, 0.25) is 0 Å². The van der Waals surface area contributed by atoms with Gasteiger partial charge in [-0.1, -0.05) is 0 Å². The second-order valence-corrected chi connectivity index (χ2v) is 9.14. The molecule has 2 amide bonds. The first-order chi connectivity index (χ1) is 13.4. The summed E-state index contributed by atoms with van der Waals surface area (Å²) in [4.78, 5) is 27.6. The smallest absolute Gasteiger partial charge is 0.410 e. The summed E-state index contributed by atoms with van der Waals surface area (Å²) in [5.74, 6) is 0.0215. The number of nitrogens with one attached hydrogen (secondary N) is 2. The number of hydrogen-bond donors (Lipinski definition) is 3. The second kappa shape index (κ2) is 7.43. The number of anilines is 1. The van der Waals surface area contributed by atoms with Gasteiger partial charge in [0.05, 0.1) is 18.7 Å². The third-order valence-electron chi connectivity index (χ3n) is 4.97. The zero-order valence-corrected chi connectivity index (χ0v) is 18.4. The first-order valence-electron chi connectivity index (χ1n) is 9.01. The molecule has 0 fully saturated rings. The van der Waals surface area contributed by atoms with Gasteiger partial charge in [0.15, 0.2) is 0 Å². The van der Waals surface area contributed by atoms with Crippen LogP contribution >= 0.6 is 33.9 Å². The number of ether oxygens (including phenoxy) is 1. The van der Waals surface area contributed by atoms with E-state index in [0.29, 0.717) is 37.2 Å². The molecule has 7 nitrogen and oxygen atoms in total. The van der Waals surface area contributed by atoms with Gasteiger partial charge in [0.1, 0.15) is 16.9 Å². The summed E-state index contributed by atoms with van der Waals surface area (Å²) in [6.45, 7) is 4.94. The molecule has 3 N–H and O–H groups in total. The number of benzene rings is 1. The Labute approximate surface area is 180 Å². The predicted octanol–water partition coefficient (Wildman–Crippen LogP) is 3.74. The lowest BCUT2D eigenvalue weighted by atomic mass is 10.00. The minimum atomic E-state index is -0.505. The van der Waals surface area contributed by atoms with Gasteiger partial charge in [0.25, 0.3) is 5.91 Å². The molecule has 0 aliphatic carbocycles. The maximum atomic E-state index is 12.9. The molecule has 4 rings (SSSR count). The number of rotatable bonds is 2. The number of fused-ring (bicyclic) bond motifs is 3. The van der Waals surface area contributed by atoms with E-state index in [1.807, 2.05) is 19.1 Å². The Hall–Kier alpha value is -2.01. The largest absolute Gasteiger partial charge is 0.507 e. The molecular weight excluding hydrogens is 493 g/mol. The number of aromatic hydroxyl groups is 1. The summed E-state index contributed by atoms with van der Waals surface area (Å²) in [7, 11) is 0. The van der Waals surface area contributed by atoms with Gasteiger partial charge in [0, 0.05) is 20.6 Å². The lowest BCUT2D eigenvalue weighted by Crippen LogP contribution is -2.39. The third kappa shape index (κ3) is 3.30. The van der Waals surface area contributed by atoms with Gasteiger partial charge >= 0.3 is 6.09 Å². The van der Waals surface area contributed by atoms with Crippen LogP contribution in [-0.4, -0.2) is 35.2 Å².